The van der Waals surface area contributed by atoms with Crippen LogP contribution >= 0.6 is 0 Å². The molecular formula is C20H18N2O3. The van der Waals surface area contributed by atoms with Gasteiger partial charge in [-0.25, -0.2) is 0 Å². The van der Waals surface area contributed by atoms with Crippen LogP contribution in [-0.2, 0) is 16.1 Å². The van der Waals surface area contributed by atoms with Crippen LogP contribution < -0.4 is 5.32 Å². The number of amides is 1. The number of aromatic nitrogens is 1. The van der Waals surface area contributed by atoms with Gasteiger partial charge in [-0.15, -0.1) is 0 Å². The van der Waals surface area contributed by atoms with E-state index in [0.29, 0.717) is 5.56 Å². The zero-order valence-electron chi connectivity index (χ0n) is 13.6. The van der Waals surface area contributed by atoms with Crippen molar-refractivity contribution in [2.75, 3.05) is 6.54 Å². The summed E-state index contributed by atoms with van der Waals surface area (Å²) in [7, 11) is 0. The lowest BCUT2D eigenvalue weighted by Gasteiger charge is -2.08. The van der Waals surface area contributed by atoms with Crippen molar-refractivity contribution in [1.29, 1.82) is 0 Å². The fourth-order valence-electron chi connectivity index (χ4n) is 2.34. The normalized spacial score (nSPS) is 10.2. The predicted molar refractivity (Wildman–Crippen MR) is 94.3 cm³/mol. The molecule has 0 radical (unpaired) electrons. The Bertz CT molecular complexity index is 825. The molecule has 0 fully saturated rings. The van der Waals surface area contributed by atoms with Gasteiger partial charge < -0.3 is 14.6 Å². The molecule has 3 rings (SSSR count). The van der Waals surface area contributed by atoms with Crippen LogP contribution in [0, 0.1) is 0 Å². The van der Waals surface area contributed by atoms with Crippen LogP contribution in [0.3, 0.4) is 0 Å². The predicted octanol–water partition coefficient (Wildman–Crippen LogP) is 2.95. The Morgan fingerprint density at radius 1 is 0.880 bits per heavy atom. The van der Waals surface area contributed by atoms with Crippen LogP contribution in [0.4, 0.5) is 0 Å². The molecule has 0 aliphatic rings. The standard InChI is InChI=1S/C20H18N2O3/c23-19(25-15-16-6-2-1-3-7-16)14-21-20(24)17-8-10-18(11-9-17)22-12-4-5-13-22/h1-13H,14-15H2,(H,21,24). The monoisotopic (exact) mass is 334 g/mol. The number of nitrogens with zero attached hydrogens (tertiary/aromatic N) is 1. The van der Waals surface area contributed by atoms with Crippen LogP contribution in [0.2, 0.25) is 0 Å². The second kappa shape index (κ2) is 7.97. The van der Waals surface area contributed by atoms with E-state index in [1.807, 2.05) is 71.6 Å². The summed E-state index contributed by atoms with van der Waals surface area (Å²) in [5.41, 5.74) is 2.36. The Morgan fingerprint density at radius 2 is 1.56 bits per heavy atom. The fraction of sp³-hybridized carbons (Fsp3) is 0.100. The molecule has 126 valence electrons. The summed E-state index contributed by atoms with van der Waals surface area (Å²) in [5.74, 6) is -0.781. The molecule has 0 atom stereocenters. The fourth-order valence-corrected chi connectivity index (χ4v) is 2.34. The Morgan fingerprint density at radius 3 is 2.24 bits per heavy atom. The third kappa shape index (κ3) is 4.57. The minimum absolute atomic E-state index is 0.162. The van der Waals surface area contributed by atoms with Gasteiger partial charge in [0.2, 0.25) is 0 Å². The minimum Gasteiger partial charge on any atom is -0.460 e. The quantitative estimate of drug-likeness (QED) is 0.705. The Labute approximate surface area is 145 Å². The third-order valence-corrected chi connectivity index (χ3v) is 3.67. The molecule has 3 aromatic rings. The first-order chi connectivity index (χ1) is 12.2. The van der Waals surface area contributed by atoms with Crippen LogP contribution in [0.25, 0.3) is 5.69 Å². The minimum atomic E-state index is -0.471. The number of hydrogen-bond donors (Lipinski definition) is 1. The van der Waals surface area contributed by atoms with E-state index in [4.69, 9.17) is 4.74 Å². The lowest BCUT2D eigenvalue weighted by atomic mass is 10.2. The number of esters is 1. The van der Waals surface area contributed by atoms with E-state index in [0.717, 1.165) is 11.3 Å². The molecular weight excluding hydrogens is 316 g/mol. The van der Waals surface area contributed by atoms with Gasteiger partial charge in [0.1, 0.15) is 13.2 Å². The highest BCUT2D eigenvalue weighted by Gasteiger charge is 2.09. The van der Waals surface area contributed by atoms with E-state index in [2.05, 4.69) is 5.32 Å². The number of nitrogens with one attached hydrogen (secondary N) is 1. The number of carbonyl (C=O) groups excluding carboxylic acids is 2. The van der Waals surface area contributed by atoms with Gasteiger partial charge in [0.05, 0.1) is 0 Å². The SMILES string of the molecule is O=C(CNC(=O)c1ccc(-n2cccc2)cc1)OCc1ccccc1. The Kier molecular flexibility index (Phi) is 5.26. The van der Waals surface area contributed by atoms with E-state index >= 15 is 0 Å². The highest BCUT2D eigenvalue weighted by molar-refractivity contribution is 5.96. The number of hydrogen-bond acceptors (Lipinski definition) is 3. The molecule has 0 aliphatic carbocycles. The lowest BCUT2D eigenvalue weighted by Crippen LogP contribution is -2.30. The molecule has 0 spiro atoms. The number of carbonyl (C=O) groups is 2. The largest absolute Gasteiger partial charge is 0.460 e. The average molecular weight is 334 g/mol. The van der Waals surface area contributed by atoms with Crippen LogP contribution in [0.5, 0.6) is 0 Å². The first-order valence-electron chi connectivity index (χ1n) is 7.93. The Hall–Kier alpha value is -3.34. The maximum Gasteiger partial charge on any atom is 0.325 e. The molecule has 5 nitrogen and oxygen atoms in total. The summed E-state index contributed by atoms with van der Waals surface area (Å²) < 4.78 is 7.07. The third-order valence-electron chi connectivity index (χ3n) is 3.67. The summed E-state index contributed by atoms with van der Waals surface area (Å²) in [6, 6.07) is 20.4. The van der Waals surface area contributed by atoms with Gasteiger partial charge in [0, 0.05) is 23.6 Å². The molecule has 0 saturated carbocycles. The van der Waals surface area contributed by atoms with Gasteiger partial charge in [0.25, 0.3) is 5.91 Å². The molecule has 1 heterocycles. The highest BCUT2D eigenvalue weighted by atomic mass is 16.5. The van der Waals surface area contributed by atoms with Gasteiger partial charge in [-0.1, -0.05) is 30.3 Å². The first kappa shape index (κ1) is 16.5. The zero-order valence-corrected chi connectivity index (χ0v) is 13.6. The van der Waals surface area contributed by atoms with Crippen LogP contribution in [0.15, 0.2) is 79.1 Å². The van der Waals surface area contributed by atoms with Crippen molar-refractivity contribution in [1.82, 2.24) is 9.88 Å². The summed E-state index contributed by atoms with van der Waals surface area (Å²) in [6.07, 6.45) is 3.86. The molecule has 1 N–H and O–H groups in total. The lowest BCUT2D eigenvalue weighted by molar-refractivity contribution is -0.143. The molecule has 1 amide bonds. The number of rotatable bonds is 6. The summed E-state index contributed by atoms with van der Waals surface area (Å²) >= 11 is 0. The average Bonchev–Trinajstić information content (AvgIpc) is 3.20. The number of benzene rings is 2. The molecule has 0 aliphatic heterocycles. The molecule has 5 heteroatoms. The van der Waals surface area contributed by atoms with Crippen molar-refractivity contribution in [2.24, 2.45) is 0 Å². The van der Waals surface area contributed by atoms with Crippen LogP contribution in [-0.4, -0.2) is 23.0 Å². The second-order valence-corrected chi connectivity index (χ2v) is 5.47. The van der Waals surface area contributed by atoms with Crippen molar-refractivity contribution in [3.63, 3.8) is 0 Å². The highest BCUT2D eigenvalue weighted by Crippen LogP contribution is 2.10. The van der Waals surface area contributed by atoms with E-state index in [9.17, 15) is 9.59 Å². The topological polar surface area (TPSA) is 60.3 Å². The van der Waals surface area contributed by atoms with Crippen molar-refractivity contribution >= 4 is 11.9 Å². The number of ether oxygens (including phenoxy) is 1. The van der Waals surface area contributed by atoms with Gasteiger partial charge in [0.15, 0.2) is 0 Å². The first-order valence-corrected chi connectivity index (χ1v) is 7.93. The van der Waals surface area contributed by atoms with Crippen molar-refractivity contribution in [3.05, 3.63) is 90.3 Å². The van der Waals surface area contributed by atoms with Crippen molar-refractivity contribution < 1.29 is 14.3 Å². The molecule has 0 bridgehead atoms. The summed E-state index contributed by atoms with van der Waals surface area (Å²) in [5, 5.41) is 2.57. The molecule has 2 aromatic carbocycles. The van der Waals surface area contributed by atoms with E-state index in [-0.39, 0.29) is 19.1 Å². The molecule has 25 heavy (non-hydrogen) atoms. The molecule has 0 saturated heterocycles. The van der Waals surface area contributed by atoms with E-state index in [1.165, 1.54) is 0 Å². The molecule has 0 unspecified atom stereocenters. The van der Waals surface area contributed by atoms with Crippen molar-refractivity contribution in [2.45, 2.75) is 6.61 Å². The van der Waals surface area contributed by atoms with Gasteiger partial charge in [-0.05, 0) is 42.0 Å². The van der Waals surface area contributed by atoms with E-state index < -0.39 is 5.97 Å². The Balaban J connectivity index is 1.48. The maximum absolute atomic E-state index is 12.1. The molecule has 1 aromatic heterocycles. The second-order valence-electron chi connectivity index (χ2n) is 5.47. The maximum atomic E-state index is 12.1. The summed E-state index contributed by atoms with van der Waals surface area (Å²) in [4.78, 5) is 23.8. The van der Waals surface area contributed by atoms with Gasteiger partial charge in [-0.3, -0.25) is 9.59 Å². The van der Waals surface area contributed by atoms with Gasteiger partial charge in [-0.2, -0.15) is 0 Å². The zero-order chi connectivity index (χ0) is 17.5. The smallest absolute Gasteiger partial charge is 0.325 e. The van der Waals surface area contributed by atoms with Crippen molar-refractivity contribution in [3.8, 4) is 5.69 Å². The summed E-state index contributed by atoms with van der Waals surface area (Å²) in [6.45, 7) is 0.0339. The van der Waals surface area contributed by atoms with E-state index in [1.54, 1.807) is 12.1 Å². The van der Waals surface area contributed by atoms with Gasteiger partial charge >= 0.3 is 5.97 Å². The van der Waals surface area contributed by atoms with Crippen LogP contribution in [0.1, 0.15) is 15.9 Å².